The summed E-state index contributed by atoms with van der Waals surface area (Å²) in [5.74, 6) is 1.10. The van der Waals surface area contributed by atoms with Crippen LogP contribution in [0.2, 0.25) is 0 Å². The molecule has 3 aromatic rings. The quantitative estimate of drug-likeness (QED) is 0.239. The molecular weight excluding hydrogens is 618 g/mol. The number of ether oxygens (including phenoxy) is 4. The van der Waals surface area contributed by atoms with Gasteiger partial charge in [-0.25, -0.2) is 9.78 Å². The number of carbonyl (C=O) groups is 2. The maximum Gasteiger partial charge on any atom is 0.410 e. The topological polar surface area (TPSA) is 90.4 Å². The molecule has 0 saturated carbocycles. The number of fused-ring (bicyclic) bond motifs is 1. The number of nitrogens with zero attached hydrogens (tertiary/aromatic N) is 3. The van der Waals surface area contributed by atoms with Gasteiger partial charge in [0, 0.05) is 38.9 Å². The molecule has 1 fully saturated rings. The Labute approximate surface area is 291 Å². The summed E-state index contributed by atoms with van der Waals surface area (Å²) in [6.07, 6.45) is 1.65. The average Bonchev–Trinajstić information content (AvgIpc) is 3.26. The molecule has 9 nitrogen and oxygen atoms in total. The highest BCUT2D eigenvalue weighted by molar-refractivity contribution is 5.74. The first-order chi connectivity index (χ1) is 23.1. The number of aromatic nitrogens is 1. The monoisotopic (exact) mass is 671 g/mol. The van der Waals surface area contributed by atoms with Gasteiger partial charge < -0.3 is 28.7 Å². The van der Waals surface area contributed by atoms with Crippen molar-refractivity contribution >= 4 is 17.9 Å². The Morgan fingerprint density at radius 3 is 2.31 bits per heavy atom. The number of carbonyl (C=O) groups excluding carboxylic acids is 2. The zero-order valence-electron chi connectivity index (χ0n) is 30.7. The standard InChI is InChI=1S/C40H53N3O6/c1-26-12-10-13-31(33-14-11-15-35(41-33)43-23-20-32(34(24-43)46-9)37(44)48-39(3,4)5)36(26)47-25-29-17-16-28-18-21-42(22-19-30(28)27(29)2)38(45)49-40(6,7)8/h10-17,32,34H,18-25H2,1-9H3/t32-,34-/m0/s1. The molecule has 5 rings (SSSR count). The second kappa shape index (κ2) is 14.8. The summed E-state index contributed by atoms with van der Waals surface area (Å²) in [5.41, 5.74) is 6.61. The number of hydrogen-bond donors (Lipinski definition) is 0. The van der Waals surface area contributed by atoms with Crippen molar-refractivity contribution in [3.05, 3.63) is 76.3 Å². The van der Waals surface area contributed by atoms with E-state index in [1.807, 2.05) is 70.7 Å². The van der Waals surface area contributed by atoms with Crippen LogP contribution in [0, 0.1) is 19.8 Å². The molecule has 2 aromatic carbocycles. The molecule has 9 heteroatoms. The minimum Gasteiger partial charge on any atom is -0.488 e. The predicted octanol–water partition coefficient (Wildman–Crippen LogP) is 7.46. The van der Waals surface area contributed by atoms with Crippen molar-refractivity contribution in [3.63, 3.8) is 0 Å². The van der Waals surface area contributed by atoms with Gasteiger partial charge in [-0.3, -0.25) is 4.79 Å². The van der Waals surface area contributed by atoms with Gasteiger partial charge in [0.2, 0.25) is 0 Å². The minimum atomic E-state index is -0.543. The summed E-state index contributed by atoms with van der Waals surface area (Å²) in [5, 5.41) is 0. The molecule has 264 valence electrons. The average molecular weight is 672 g/mol. The number of hydrogen-bond acceptors (Lipinski definition) is 8. The highest BCUT2D eigenvalue weighted by Gasteiger charge is 2.37. The van der Waals surface area contributed by atoms with Crippen molar-refractivity contribution < 1.29 is 28.5 Å². The molecule has 0 bridgehead atoms. The van der Waals surface area contributed by atoms with Crippen LogP contribution in [0.3, 0.4) is 0 Å². The molecule has 49 heavy (non-hydrogen) atoms. The number of esters is 1. The number of pyridine rings is 1. The van der Waals surface area contributed by atoms with Crippen molar-refractivity contribution in [2.75, 3.05) is 38.2 Å². The Morgan fingerprint density at radius 1 is 0.878 bits per heavy atom. The number of para-hydroxylation sites is 1. The number of benzene rings is 2. The summed E-state index contributed by atoms with van der Waals surface area (Å²) < 4.78 is 23.7. The Balaban J connectivity index is 1.31. The number of piperidine rings is 1. The van der Waals surface area contributed by atoms with Crippen LogP contribution in [0.1, 0.15) is 75.8 Å². The van der Waals surface area contributed by atoms with E-state index in [0.29, 0.717) is 39.2 Å². The molecule has 0 spiro atoms. The number of amides is 1. The fraction of sp³-hybridized carbons (Fsp3) is 0.525. The lowest BCUT2D eigenvalue weighted by molar-refractivity contribution is -0.165. The Hall–Kier alpha value is -4.11. The largest absolute Gasteiger partial charge is 0.488 e. The predicted molar refractivity (Wildman–Crippen MR) is 192 cm³/mol. The van der Waals surface area contributed by atoms with E-state index in [1.165, 1.54) is 16.7 Å². The molecule has 0 radical (unpaired) electrons. The third-order valence-electron chi connectivity index (χ3n) is 9.23. The summed E-state index contributed by atoms with van der Waals surface area (Å²) in [6.45, 7) is 18.5. The van der Waals surface area contributed by atoms with E-state index in [-0.39, 0.29) is 24.1 Å². The fourth-order valence-corrected chi connectivity index (χ4v) is 6.68. The second-order valence-electron chi connectivity index (χ2n) is 15.2. The van der Waals surface area contributed by atoms with Gasteiger partial charge in [-0.05, 0) is 121 Å². The first-order valence-electron chi connectivity index (χ1n) is 17.4. The highest BCUT2D eigenvalue weighted by Crippen LogP contribution is 2.35. The molecule has 1 saturated heterocycles. The lowest BCUT2D eigenvalue weighted by Crippen LogP contribution is -2.49. The van der Waals surface area contributed by atoms with Crippen LogP contribution in [-0.4, -0.2) is 72.5 Å². The van der Waals surface area contributed by atoms with Gasteiger partial charge in [-0.1, -0.05) is 30.3 Å². The molecule has 1 amide bonds. The van der Waals surface area contributed by atoms with E-state index in [2.05, 4.69) is 43.0 Å². The first kappa shape index (κ1) is 36.2. The van der Waals surface area contributed by atoms with Crippen LogP contribution >= 0.6 is 0 Å². The lowest BCUT2D eigenvalue weighted by Gasteiger charge is -2.38. The maximum absolute atomic E-state index is 12.9. The smallest absolute Gasteiger partial charge is 0.410 e. The molecule has 1 aromatic heterocycles. The van der Waals surface area contributed by atoms with Crippen LogP contribution in [0.4, 0.5) is 10.6 Å². The number of aryl methyl sites for hydroxylation is 1. The third kappa shape index (κ3) is 8.93. The Kier molecular flexibility index (Phi) is 10.9. The van der Waals surface area contributed by atoms with Gasteiger partial charge in [-0.2, -0.15) is 0 Å². The Morgan fingerprint density at radius 2 is 1.59 bits per heavy atom. The number of rotatable bonds is 7. The van der Waals surface area contributed by atoms with Gasteiger partial charge in [0.1, 0.15) is 29.4 Å². The van der Waals surface area contributed by atoms with Crippen LogP contribution in [0.5, 0.6) is 5.75 Å². The van der Waals surface area contributed by atoms with Gasteiger partial charge in [0.05, 0.1) is 17.7 Å². The van der Waals surface area contributed by atoms with Crippen molar-refractivity contribution in [1.29, 1.82) is 0 Å². The first-order valence-corrected chi connectivity index (χ1v) is 17.4. The summed E-state index contributed by atoms with van der Waals surface area (Å²) >= 11 is 0. The number of methoxy groups -OCH3 is 1. The summed E-state index contributed by atoms with van der Waals surface area (Å²) in [4.78, 5) is 34.8. The van der Waals surface area contributed by atoms with Crippen LogP contribution < -0.4 is 9.64 Å². The van der Waals surface area contributed by atoms with E-state index in [4.69, 9.17) is 23.9 Å². The zero-order chi connectivity index (χ0) is 35.5. The molecule has 0 N–H and O–H groups in total. The van der Waals surface area contributed by atoms with Crippen LogP contribution in [0.15, 0.2) is 48.5 Å². The molecular formula is C40H53N3O6. The van der Waals surface area contributed by atoms with E-state index < -0.39 is 11.2 Å². The van der Waals surface area contributed by atoms with Gasteiger partial charge in [0.25, 0.3) is 0 Å². The van der Waals surface area contributed by atoms with Gasteiger partial charge >= 0.3 is 12.1 Å². The molecule has 0 aliphatic carbocycles. The van der Waals surface area contributed by atoms with E-state index in [0.717, 1.165) is 46.8 Å². The van der Waals surface area contributed by atoms with E-state index >= 15 is 0 Å². The van der Waals surface area contributed by atoms with Crippen molar-refractivity contribution in [2.24, 2.45) is 5.92 Å². The fourth-order valence-electron chi connectivity index (χ4n) is 6.68. The van der Waals surface area contributed by atoms with E-state index in [1.54, 1.807) is 7.11 Å². The molecule has 2 aliphatic heterocycles. The lowest BCUT2D eigenvalue weighted by atomic mass is 9.93. The second-order valence-corrected chi connectivity index (χ2v) is 15.2. The number of anilines is 1. The van der Waals surface area contributed by atoms with Crippen LogP contribution in [-0.2, 0) is 38.5 Å². The minimum absolute atomic E-state index is 0.213. The molecule has 2 aliphatic rings. The van der Waals surface area contributed by atoms with Crippen molar-refractivity contribution in [1.82, 2.24) is 9.88 Å². The zero-order valence-corrected chi connectivity index (χ0v) is 30.7. The van der Waals surface area contributed by atoms with Crippen molar-refractivity contribution in [2.45, 2.75) is 98.6 Å². The van der Waals surface area contributed by atoms with Gasteiger partial charge in [-0.15, -0.1) is 0 Å². The van der Waals surface area contributed by atoms with Crippen LogP contribution in [0.25, 0.3) is 11.3 Å². The normalized spacial score (nSPS) is 18.4. The van der Waals surface area contributed by atoms with Crippen molar-refractivity contribution in [3.8, 4) is 17.0 Å². The third-order valence-corrected chi connectivity index (χ3v) is 9.23. The highest BCUT2D eigenvalue weighted by atomic mass is 16.6. The summed E-state index contributed by atoms with van der Waals surface area (Å²) in [7, 11) is 1.65. The Bertz CT molecular complexity index is 1660. The SMILES string of the molecule is CO[C@H]1CN(c2cccc(-c3cccc(C)c3OCc3ccc4c(c3C)CCN(C(=O)OC(C)(C)C)CC4)n2)CC[C@@H]1C(=O)OC(C)(C)C. The molecule has 2 atom stereocenters. The molecule has 0 unspecified atom stereocenters. The maximum atomic E-state index is 12.9. The molecule has 3 heterocycles. The summed E-state index contributed by atoms with van der Waals surface area (Å²) in [6, 6.07) is 16.5. The van der Waals surface area contributed by atoms with Gasteiger partial charge in [0.15, 0.2) is 0 Å². The van der Waals surface area contributed by atoms with E-state index in [9.17, 15) is 9.59 Å².